The SMILES string of the molecule is Cc1ccc(C(CO)=NO)cc1C. The summed E-state index contributed by atoms with van der Waals surface area (Å²) in [6, 6.07) is 5.65. The van der Waals surface area contributed by atoms with Crippen LogP contribution in [0.2, 0.25) is 0 Å². The number of nitrogens with zero attached hydrogens (tertiary/aromatic N) is 1. The highest BCUT2D eigenvalue weighted by Crippen LogP contribution is 2.10. The van der Waals surface area contributed by atoms with Gasteiger partial charge in [-0.05, 0) is 31.0 Å². The van der Waals surface area contributed by atoms with Crippen molar-refractivity contribution in [1.82, 2.24) is 0 Å². The van der Waals surface area contributed by atoms with E-state index in [1.165, 1.54) is 5.56 Å². The first-order chi connectivity index (χ1) is 6.19. The number of hydrogen-bond acceptors (Lipinski definition) is 3. The molecule has 0 bridgehead atoms. The summed E-state index contributed by atoms with van der Waals surface area (Å²) in [4.78, 5) is 0. The van der Waals surface area contributed by atoms with Crippen LogP contribution in [0.4, 0.5) is 0 Å². The van der Waals surface area contributed by atoms with Gasteiger partial charge < -0.3 is 10.3 Å². The smallest absolute Gasteiger partial charge is 0.112 e. The molecule has 0 aliphatic rings. The third-order valence-corrected chi connectivity index (χ3v) is 2.11. The van der Waals surface area contributed by atoms with Crippen LogP contribution in [0.1, 0.15) is 16.7 Å². The molecule has 13 heavy (non-hydrogen) atoms. The summed E-state index contributed by atoms with van der Waals surface area (Å²) in [6.45, 7) is 3.73. The third kappa shape index (κ3) is 2.06. The average Bonchev–Trinajstić information content (AvgIpc) is 2.13. The summed E-state index contributed by atoms with van der Waals surface area (Å²) in [7, 11) is 0. The predicted octanol–water partition coefficient (Wildman–Crippen LogP) is 1.47. The van der Waals surface area contributed by atoms with Crippen molar-refractivity contribution in [2.75, 3.05) is 6.61 Å². The Hall–Kier alpha value is -1.35. The molecule has 3 heteroatoms. The minimum atomic E-state index is -0.251. The van der Waals surface area contributed by atoms with Gasteiger partial charge in [0.15, 0.2) is 0 Å². The highest BCUT2D eigenvalue weighted by molar-refractivity contribution is 6.01. The maximum absolute atomic E-state index is 8.85. The predicted molar refractivity (Wildman–Crippen MR) is 51.3 cm³/mol. The van der Waals surface area contributed by atoms with Gasteiger partial charge in [0.25, 0.3) is 0 Å². The van der Waals surface area contributed by atoms with Crippen molar-refractivity contribution in [1.29, 1.82) is 0 Å². The lowest BCUT2D eigenvalue weighted by molar-refractivity contribution is 0.304. The van der Waals surface area contributed by atoms with Gasteiger partial charge in [0.2, 0.25) is 0 Å². The molecular weight excluding hydrogens is 166 g/mol. The molecule has 0 heterocycles. The molecule has 0 saturated heterocycles. The first-order valence-corrected chi connectivity index (χ1v) is 4.08. The molecule has 0 aliphatic carbocycles. The van der Waals surface area contributed by atoms with Gasteiger partial charge in [0, 0.05) is 5.56 Å². The second-order valence-electron chi connectivity index (χ2n) is 3.00. The zero-order valence-electron chi connectivity index (χ0n) is 7.78. The van der Waals surface area contributed by atoms with Crippen molar-refractivity contribution in [3.05, 3.63) is 34.9 Å². The van der Waals surface area contributed by atoms with E-state index < -0.39 is 0 Å². The molecule has 0 radical (unpaired) electrons. The number of oxime groups is 1. The van der Waals surface area contributed by atoms with Crippen molar-refractivity contribution >= 4 is 5.71 Å². The maximum atomic E-state index is 8.85. The summed E-state index contributed by atoms with van der Waals surface area (Å²) in [5, 5.41) is 20.4. The summed E-state index contributed by atoms with van der Waals surface area (Å²) in [5.74, 6) is 0. The van der Waals surface area contributed by atoms with E-state index in [2.05, 4.69) is 5.16 Å². The van der Waals surface area contributed by atoms with Gasteiger partial charge in [-0.3, -0.25) is 0 Å². The number of aliphatic hydroxyl groups excluding tert-OH is 1. The second kappa shape index (κ2) is 4.05. The maximum Gasteiger partial charge on any atom is 0.112 e. The average molecular weight is 179 g/mol. The first-order valence-electron chi connectivity index (χ1n) is 4.08. The van der Waals surface area contributed by atoms with Crippen molar-refractivity contribution < 1.29 is 10.3 Å². The minimum absolute atomic E-state index is 0.251. The minimum Gasteiger partial charge on any atom is -0.411 e. The third-order valence-electron chi connectivity index (χ3n) is 2.11. The Morgan fingerprint density at radius 1 is 1.31 bits per heavy atom. The lowest BCUT2D eigenvalue weighted by atomic mass is 10.0. The van der Waals surface area contributed by atoms with Gasteiger partial charge in [-0.15, -0.1) is 0 Å². The first kappa shape index (κ1) is 9.74. The molecule has 0 aliphatic heterocycles. The van der Waals surface area contributed by atoms with Crippen LogP contribution >= 0.6 is 0 Å². The van der Waals surface area contributed by atoms with Gasteiger partial charge >= 0.3 is 0 Å². The van der Waals surface area contributed by atoms with Crippen molar-refractivity contribution in [2.24, 2.45) is 5.16 Å². The molecule has 0 fully saturated rings. The molecule has 3 nitrogen and oxygen atoms in total. The monoisotopic (exact) mass is 179 g/mol. The van der Waals surface area contributed by atoms with E-state index >= 15 is 0 Å². The molecule has 0 saturated carbocycles. The number of aliphatic hydroxyl groups is 1. The Labute approximate surface area is 77.3 Å². The summed E-state index contributed by atoms with van der Waals surface area (Å²) in [6.07, 6.45) is 0. The molecule has 0 spiro atoms. The van der Waals surface area contributed by atoms with Crippen molar-refractivity contribution in [2.45, 2.75) is 13.8 Å². The Morgan fingerprint density at radius 3 is 2.46 bits per heavy atom. The van der Waals surface area contributed by atoms with Crippen LogP contribution in [-0.4, -0.2) is 22.6 Å². The molecule has 0 unspecified atom stereocenters. The van der Waals surface area contributed by atoms with Crippen LogP contribution in [0.3, 0.4) is 0 Å². The zero-order valence-corrected chi connectivity index (χ0v) is 7.78. The molecule has 0 aromatic heterocycles. The Balaban J connectivity index is 3.10. The molecule has 0 amide bonds. The van der Waals surface area contributed by atoms with E-state index in [0.717, 1.165) is 11.1 Å². The molecular formula is C10H13NO2. The molecule has 1 aromatic rings. The van der Waals surface area contributed by atoms with Gasteiger partial charge in [0.05, 0.1) is 6.61 Å². The molecule has 1 aromatic carbocycles. The van der Waals surface area contributed by atoms with Crippen LogP contribution < -0.4 is 0 Å². The van der Waals surface area contributed by atoms with Gasteiger partial charge in [-0.1, -0.05) is 17.3 Å². The summed E-state index contributed by atoms with van der Waals surface area (Å²) < 4.78 is 0. The normalized spacial score (nSPS) is 11.8. The number of aryl methyl sites for hydroxylation is 2. The van der Waals surface area contributed by atoms with Crippen LogP contribution in [0.15, 0.2) is 23.4 Å². The highest BCUT2D eigenvalue weighted by atomic mass is 16.4. The fraction of sp³-hybridized carbons (Fsp3) is 0.300. The molecule has 70 valence electrons. The van der Waals surface area contributed by atoms with E-state index in [1.807, 2.05) is 32.0 Å². The number of benzene rings is 1. The van der Waals surface area contributed by atoms with Gasteiger partial charge in [-0.2, -0.15) is 0 Å². The molecule has 0 atom stereocenters. The van der Waals surface area contributed by atoms with Crippen LogP contribution in [0.25, 0.3) is 0 Å². The Bertz CT molecular complexity index is 332. The number of rotatable bonds is 2. The lowest BCUT2D eigenvalue weighted by Gasteiger charge is -2.04. The quantitative estimate of drug-likeness (QED) is 0.410. The Kier molecular flexibility index (Phi) is 3.03. The topological polar surface area (TPSA) is 52.8 Å². The van der Waals surface area contributed by atoms with Crippen molar-refractivity contribution in [3.8, 4) is 0 Å². The fourth-order valence-electron chi connectivity index (χ4n) is 1.10. The standard InChI is InChI=1S/C10H13NO2/c1-7-3-4-9(5-8(7)2)10(6-12)11-13/h3-5,12-13H,6H2,1-2H3. The van der Waals surface area contributed by atoms with E-state index in [9.17, 15) is 0 Å². The highest BCUT2D eigenvalue weighted by Gasteiger charge is 2.03. The fourth-order valence-corrected chi connectivity index (χ4v) is 1.10. The van der Waals surface area contributed by atoms with Gasteiger partial charge in [-0.25, -0.2) is 0 Å². The van der Waals surface area contributed by atoms with Crippen LogP contribution in [0.5, 0.6) is 0 Å². The second-order valence-corrected chi connectivity index (χ2v) is 3.00. The zero-order chi connectivity index (χ0) is 9.84. The van der Waals surface area contributed by atoms with Crippen molar-refractivity contribution in [3.63, 3.8) is 0 Å². The van der Waals surface area contributed by atoms with E-state index in [1.54, 1.807) is 0 Å². The molecule has 1 rings (SSSR count). The van der Waals surface area contributed by atoms with Gasteiger partial charge in [0.1, 0.15) is 5.71 Å². The lowest BCUT2D eigenvalue weighted by Crippen LogP contribution is -2.06. The van der Waals surface area contributed by atoms with E-state index in [4.69, 9.17) is 10.3 Å². The largest absolute Gasteiger partial charge is 0.411 e. The van der Waals surface area contributed by atoms with E-state index in [-0.39, 0.29) is 6.61 Å². The van der Waals surface area contributed by atoms with Crippen LogP contribution in [-0.2, 0) is 0 Å². The molecule has 2 N–H and O–H groups in total. The summed E-state index contributed by atoms with van der Waals surface area (Å²) in [5.41, 5.74) is 3.35. The van der Waals surface area contributed by atoms with Crippen LogP contribution in [0, 0.1) is 13.8 Å². The number of hydrogen-bond donors (Lipinski definition) is 2. The Morgan fingerprint density at radius 2 is 2.00 bits per heavy atom. The summed E-state index contributed by atoms with van der Waals surface area (Å²) >= 11 is 0. The van der Waals surface area contributed by atoms with E-state index in [0.29, 0.717) is 5.71 Å².